The molecule has 3 rings (SSSR count). The van der Waals surface area contributed by atoms with E-state index in [9.17, 15) is 10.1 Å². The van der Waals surface area contributed by atoms with Gasteiger partial charge in [-0.2, -0.15) is 5.26 Å². The number of rotatable bonds is 4. The summed E-state index contributed by atoms with van der Waals surface area (Å²) in [6, 6.07) is 2.31. The molecule has 3 aliphatic rings. The molecule has 2 aliphatic carbocycles. The molecule has 23 heavy (non-hydrogen) atoms. The monoisotopic (exact) mass is 319 g/mol. The molecule has 1 saturated heterocycles. The number of carbonyl (C=O) groups excluding carboxylic acids is 1. The van der Waals surface area contributed by atoms with Crippen molar-refractivity contribution >= 4 is 5.91 Å². The zero-order valence-corrected chi connectivity index (χ0v) is 14.1. The molecule has 0 spiro atoms. The van der Waals surface area contributed by atoms with Crippen LogP contribution in [-0.2, 0) is 9.53 Å². The fraction of sp³-hybridized carbons (Fsp3) is 0.889. The summed E-state index contributed by atoms with van der Waals surface area (Å²) in [5.74, 6) is -0.0318. The molecule has 5 nitrogen and oxygen atoms in total. The summed E-state index contributed by atoms with van der Waals surface area (Å²) in [4.78, 5) is 15.2. The van der Waals surface area contributed by atoms with Gasteiger partial charge >= 0.3 is 0 Å². The molecule has 128 valence electrons. The van der Waals surface area contributed by atoms with E-state index in [1.54, 1.807) is 0 Å². The maximum Gasteiger partial charge on any atom is 0.240 e. The first kappa shape index (κ1) is 16.7. The van der Waals surface area contributed by atoms with E-state index in [2.05, 4.69) is 16.3 Å². The molecule has 0 aromatic carbocycles. The standard InChI is InChI=1S/C18H29N3O2/c19-14-17(6-4-5-7-17)16(22)20-15-18(8-2-1-3-9-18)21-10-12-23-13-11-21/h1-13,15H2,(H,20,22). The Balaban J connectivity index is 1.66. The molecular weight excluding hydrogens is 290 g/mol. The predicted molar refractivity (Wildman–Crippen MR) is 87.7 cm³/mol. The lowest BCUT2D eigenvalue weighted by Crippen LogP contribution is -2.60. The van der Waals surface area contributed by atoms with Crippen molar-refractivity contribution in [1.29, 1.82) is 5.26 Å². The van der Waals surface area contributed by atoms with Gasteiger partial charge in [-0.15, -0.1) is 0 Å². The van der Waals surface area contributed by atoms with Crippen molar-refractivity contribution in [3.63, 3.8) is 0 Å². The van der Waals surface area contributed by atoms with Crippen molar-refractivity contribution in [3.8, 4) is 6.07 Å². The van der Waals surface area contributed by atoms with Gasteiger partial charge in [0.2, 0.25) is 5.91 Å². The predicted octanol–water partition coefficient (Wildman–Crippen LogP) is 2.22. The fourth-order valence-electron chi connectivity index (χ4n) is 4.63. The number of carbonyl (C=O) groups is 1. The molecular formula is C18H29N3O2. The summed E-state index contributed by atoms with van der Waals surface area (Å²) in [5, 5.41) is 12.7. The second-order valence-electron chi connectivity index (χ2n) is 7.47. The number of morpholine rings is 1. The maximum atomic E-state index is 12.7. The number of ether oxygens (including phenoxy) is 1. The molecule has 0 unspecified atom stereocenters. The van der Waals surface area contributed by atoms with E-state index >= 15 is 0 Å². The first-order valence-electron chi connectivity index (χ1n) is 9.23. The van der Waals surface area contributed by atoms with Gasteiger partial charge < -0.3 is 10.1 Å². The van der Waals surface area contributed by atoms with Gasteiger partial charge in [-0.3, -0.25) is 9.69 Å². The Kier molecular flexibility index (Phi) is 5.23. The summed E-state index contributed by atoms with van der Waals surface area (Å²) in [6.45, 7) is 4.18. The summed E-state index contributed by atoms with van der Waals surface area (Å²) in [7, 11) is 0. The van der Waals surface area contributed by atoms with E-state index in [-0.39, 0.29) is 11.4 Å². The lowest BCUT2D eigenvalue weighted by atomic mass is 9.79. The van der Waals surface area contributed by atoms with Crippen molar-refractivity contribution in [3.05, 3.63) is 0 Å². The molecule has 1 N–H and O–H groups in total. The highest BCUT2D eigenvalue weighted by atomic mass is 16.5. The van der Waals surface area contributed by atoms with E-state index in [0.29, 0.717) is 6.54 Å². The van der Waals surface area contributed by atoms with Gasteiger partial charge in [-0.25, -0.2) is 0 Å². The number of nitrogens with one attached hydrogen (secondary N) is 1. The van der Waals surface area contributed by atoms with Crippen LogP contribution in [0.3, 0.4) is 0 Å². The van der Waals surface area contributed by atoms with E-state index in [1.807, 2.05) is 0 Å². The average Bonchev–Trinajstić information content (AvgIpc) is 3.12. The third-order valence-corrected chi connectivity index (χ3v) is 6.15. The second-order valence-corrected chi connectivity index (χ2v) is 7.47. The highest BCUT2D eigenvalue weighted by Crippen LogP contribution is 2.38. The zero-order valence-electron chi connectivity index (χ0n) is 14.1. The highest BCUT2D eigenvalue weighted by Gasteiger charge is 2.44. The molecule has 1 amide bonds. The van der Waals surface area contributed by atoms with Crippen LogP contribution in [0, 0.1) is 16.7 Å². The lowest BCUT2D eigenvalue weighted by Gasteiger charge is -2.48. The first-order chi connectivity index (χ1) is 11.2. The molecule has 1 aliphatic heterocycles. The maximum absolute atomic E-state index is 12.7. The molecule has 5 heteroatoms. The summed E-state index contributed by atoms with van der Waals surface area (Å²) < 4.78 is 5.50. The number of hydrogen-bond acceptors (Lipinski definition) is 4. The van der Waals surface area contributed by atoms with Crippen LogP contribution >= 0.6 is 0 Å². The van der Waals surface area contributed by atoms with E-state index in [0.717, 1.165) is 64.8 Å². The van der Waals surface area contributed by atoms with Crippen LogP contribution < -0.4 is 5.32 Å². The van der Waals surface area contributed by atoms with Crippen LogP contribution in [0.15, 0.2) is 0 Å². The Bertz CT molecular complexity index is 453. The van der Waals surface area contributed by atoms with Crippen molar-refractivity contribution in [2.24, 2.45) is 5.41 Å². The summed E-state index contributed by atoms with van der Waals surface area (Å²) >= 11 is 0. The minimum atomic E-state index is -0.763. The van der Waals surface area contributed by atoms with Gasteiger partial charge in [-0.05, 0) is 25.7 Å². The zero-order chi connectivity index (χ0) is 16.2. The van der Waals surface area contributed by atoms with E-state index < -0.39 is 5.41 Å². The Morgan fingerprint density at radius 1 is 1.04 bits per heavy atom. The van der Waals surface area contributed by atoms with Crippen LogP contribution in [-0.4, -0.2) is 49.2 Å². The minimum absolute atomic E-state index is 0.0318. The molecule has 0 bridgehead atoms. The van der Waals surface area contributed by atoms with Crippen molar-refractivity contribution in [2.75, 3.05) is 32.8 Å². The van der Waals surface area contributed by atoms with E-state index in [1.165, 1.54) is 19.3 Å². The van der Waals surface area contributed by atoms with Crippen LogP contribution in [0.25, 0.3) is 0 Å². The summed E-state index contributed by atoms with van der Waals surface area (Å²) in [6.07, 6.45) is 9.49. The lowest BCUT2D eigenvalue weighted by molar-refractivity contribution is -0.129. The summed E-state index contributed by atoms with van der Waals surface area (Å²) in [5.41, 5.74) is -0.687. The molecule has 2 saturated carbocycles. The van der Waals surface area contributed by atoms with E-state index in [4.69, 9.17) is 4.74 Å². The Morgan fingerprint density at radius 3 is 2.26 bits per heavy atom. The largest absolute Gasteiger partial charge is 0.379 e. The average molecular weight is 319 g/mol. The Hall–Kier alpha value is -1.12. The highest BCUT2D eigenvalue weighted by molar-refractivity contribution is 5.85. The molecule has 3 fully saturated rings. The van der Waals surface area contributed by atoms with Crippen molar-refractivity contribution in [1.82, 2.24) is 10.2 Å². The number of nitrogens with zero attached hydrogens (tertiary/aromatic N) is 2. The van der Waals surface area contributed by atoms with Gasteiger partial charge in [0.15, 0.2) is 0 Å². The molecule has 0 atom stereocenters. The fourth-order valence-corrected chi connectivity index (χ4v) is 4.63. The van der Waals surface area contributed by atoms with Crippen LogP contribution in [0.2, 0.25) is 0 Å². The van der Waals surface area contributed by atoms with Crippen molar-refractivity contribution < 1.29 is 9.53 Å². The normalized spacial score (nSPS) is 27.3. The van der Waals surface area contributed by atoms with Gasteiger partial charge in [0.25, 0.3) is 0 Å². The van der Waals surface area contributed by atoms with Gasteiger partial charge in [0, 0.05) is 25.2 Å². The minimum Gasteiger partial charge on any atom is -0.379 e. The molecule has 1 heterocycles. The third-order valence-electron chi connectivity index (χ3n) is 6.15. The Morgan fingerprint density at radius 2 is 1.65 bits per heavy atom. The van der Waals surface area contributed by atoms with Crippen LogP contribution in [0.5, 0.6) is 0 Å². The third kappa shape index (κ3) is 3.39. The number of amides is 1. The van der Waals surface area contributed by atoms with Gasteiger partial charge in [0.1, 0.15) is 5.41 Å². The number of nitriles is 1. The smallest absolute Gasteiger partial charge is 0.240 e. The number of hydrogen-bond donors (Lipinski definition) is 1. The van der Waals surface area contributed by atoms with Crippen molar-refractivity contribution in [2.45, 2.75) is 63.3 Å². The van der Waals surface area contributed by atoms with Gasteiger partial charge in [0.05, 0.1) is 19.3 Å². The van der Waals surface area contributed by atoms with Crippen LogP contribution in [0.4, 0.5) is 0 Å². The topological polar surface area (TPSA) is 65.4 Å². The molecule has 0 aromatic rings. The SMILES string of the molecule is N#CC1(C(=O)NCC2(N3CCOCC3)CCCCC2)CCCC1. The molecule has 0 aromatic heterocycles. The Labute approximate surface area is 139 Å². The second kappa shape index (κ2) is 7.19. The van der Waals surface area contributed by atoms with Crippen LogP contribution in [0.1, 0.15) is 57.8 Å². The first-order valence-corrected chi connectivity index (χ1v) is 9.23. The quantitative estimate of drug-likeness (QED) is 0.863. The molecule has 0 radical (unpaired) electrons. The van der Waals surface area contributed by atoms with Gasteiger partial charge in [-0.1, -0.05) is 32.1 Å².